The Hall–Kier alpha value is -3.27. The molecule has 0 aliphatic rings. The molecule has 0 bridgehead atoms. The fourth-order valence-electron chi connectivity index (χ4n) is 3.80. The topological polar surface area (TPSA) is 45.2 Å². The van der Waals surface area contributed by atoms with Gasteiger partial charge >= 0.3 is 0 Å². The molecular formula is C23H20FNO2. The van der Waals surface area contributed by atoms with Crippen molar-refractivity contribution in [1.29, 1.82) is 0 Å². The minimum Gasteiger partial charge on any atom is -0.507 e. The molecule has 4 heteroatoms. The summed E-state index contributed by atoms with van der Waals surface area (Å²) < 4.78 is 18.9. The van der Waals surface area contributed by atoms with Gasteiger partial charge in [-0.15, -0.1) is 0 Å². The highest BCUT2D eigenvalue weighted by atomic mass is 19.1. The minimum absolute atomic E-state index is 0.150. The molecule has 0 unspecified atom stereocenters. The zero-order valence-corrected chi connectivity index (χ0v) is 15.2. The molecule has 1 heterocycles. The molecule has 0 spiro atoms. The fraction of sp³-hybridized carbons (Fsp3) is 0.130. The van der Waals surface area contributed by atoms with Gasteiger partial charge in [0.1, 0.15) is 17.3 Å². The number of phenolic OH excluding ortho intramolecular Hbond substituents is 1. The highest BCUT2D eigenvalue weighted by molar-refractivity contribution is 5.86. The molecule has 0 saturated heterocycles. The number of phenols is 1. The summed E-state index contributed by atoms with van der Waals surface area (Å²) in [5.41, 5.74) is 2.81. The molecule has 2 N–H and O–H groups in total. The van der Waals surface area contributed by atoms with E-state index >= 15 is 0 Å². The van der Waals surface area contributed by atoms with Crippen LogP contribution in [0.2, 0.25) is 0 Å². The van der Waals surface area contributed by atoms with Gasteiger partial charge in [0.05, 0.1) is 7.11 Å². The van der Waals surface area contributed by atoms with Crippen molar-refractivity contribution in [2.75, 3.05) is 7.11 Å². The molecule has 27 heavy (non-hydrogen) atoms. The van der Waals surface area contributed by atoms with E-state index in [9.17, 15) is 9.50 Å². The van der Waals surface area contributed by atoms with Crippen LogP contribution in [0.1, 0.15) is 23.6 Å². The van der Waals surface area contributed by atoms with E-state index in [1.165, 1.54) is 12.1 Å². The molecule has 0 aliphatic carbocycles. The number of aromatic amines is 1. The minimum atomic E-state index is -0.645. The van der Waals surface area contributed by atoms with Gasteiger partial charge in [-0.3, -0.25) is 0 Å². The lowest BCUT2D eigenvalue weighted by atomic mass is 9.70. The summed E-state index contributed by atoms with van der Waals surface area (Å²) in [5.74, 6) is 0.453. The van der Waals surface area contributed by atoms with Gasteiger partial charge in [0.15, 0.2) is 0 Å². The van der Waals surface area contributed by atoms with Crippen LogP contribution < -0.4 is 4.74 Å². The predicted molar refractivity (Wildman–Crippen MR) is 105 cm³/mol. The zero-order valence-electron chi connectivity index (χ0n) is 15.2. The summed E-state index contributed by atoms with van der Waals surface area (Å²) in [6.07, 6.45) is 1.89. The molecule has 0 fully saturated rings. The number of hydrogen-bond acceptors (Lipinski definition) is 2. The highest BCUT2D eigenvalue weighted by Crippen LogP contribution is 2.45. The van der Waals surface area contributed by atoms with Crippen LogP contribution in [0.15, 0.2) is 72.9 Å². The maximum Gasteiger partial charge on any atom is 0.125 e. The lowest BCUT2D eigenvalue weighted by Crippen LogP contribution is -2.25. The van der Waals surface area contributed by atoms with Crippen LogP contribution in [0.25, 0.3) is 10.9 Å². The smallest absolute Gasteiger partial charge is 0.125 e. The first kappa shape index (κ1) is 17.2. The van der Waals surface area contributed by atoms with E-state index in [0.717, 1.165) is 27.6 Å². The van der Waals surface area contributed by atoms with Crippen LogP contribution in [0.5, 0.6) is 11.5 Å². The Balaban J connectivity index is 2.03. The van der Waals surface area contributed by atoms with Gasteiger partial charge in [-0.1, -0.05) is 36.4 Å². The quantitative estimate of drug-likeness (QED) is 0.513. The lowest BCUT2D eigenvalue weighted by molar-refractivity contribution is 0.404. The van der Waals surface area contributed by atoms with Gasteiger partial charge in [0.25, 0.3) is 0 Å². The summed E-state index contributed by atoms with van der Waals surface area (Å²) in [5, 5.41) is 11.7. The van der Waals surface area contributed by atoms with E-state index in [-0.39, 0.29) is 11.6 Å². The Morgan fingerprint density at radius 1 is 0.963 bits per heavy atom. The molecule has 3 nitrogen and oxygen atoms in total. The first-order valence-corrected chi connectivity index (χ1v) is 8.74. The maximum atomic E-state index is 13.7. The van der Waals surface area contributed by atoms with E-state index < -0.39 is 5.41 Å². The number of methoxy groups -OCH3 is 1. The fourth-order valence-corrected chi connectivity index (χ4v) is 3.80. The molecule has 0 saturated carbocycles. The Morgan fingerprint density at radius 3 is 2.44 bits per heavy atom. The summed E-state index contributed by atoms with van der Waals surface area (Å²) in [6, 6.07) is 20.0. The summed E-state index contributed by atoms with van der Waals surface area (Å²) in [7, 11) is 1.57. The normalized spacial score (nSPS) is 13.4. The third kappa shape index (κ3) is 2.74. The average Bonchev–Trinajstić information content (AvgIpc) is 3.11. The highest BCUT2D eigenvalue weighted by Gasteiger charge is 2.35. The Kier molecular flexibility index (Phi) is 4.11. The summed E-state index contributed by atoms with van der Waals surface area (Å²) >= 11 is 0. The number of nitrogens with one attached hydrogen (secondary N) is 1. The molecule has 0 amide bonds. The van der Waals surface area contributed by atoms with Crippen molar-refractivity contribution in [2.24, 2.45) is 0 Å². The number of hydrogen-bond donors (Lipinski definition) is 2. The van der Waals surface area contributed by atoms with Crippen LogP contribution in [-0.4, -0.2) is 17.2 Å². The first-order valence-electron chi connectivity index (χ1n) is 8.74. The number of fused-ring (bicyclic) bond motifs is 1. The lowest BCUT2D eigenvalue weighted by Gasteiger charge is -2.32. The second-order valence-corrected chi connectivity index (χ2v) is 6.77. The molecular weight excluding hydrogens is 341 g/mol. The number of aromatic hydroxyl groups is 1. The van der Waals surface area contributed by atoms with Gasteiger partial charge in [0.2, 0.25) is 0 Å². The third-order valence-electron chi connectivity index (χ3n) is 5.28. The van der Waals surface area contributed by atoms with E-state index in [2.05, 4.69) is 11.9 Å². The van der Waals surface area contributed by atoms with Gasteiger partial charge in [-0.05, 0) is 42.3 Å². The molecule has 4 aromatic rings. The van der Waals surface area contributed by atoms with Crippen molar-refractivity contribution in [1.82, 2.24) is 4.98 Å². The Bertz CT molecular complexity index is 1100. The van der Waals surface area contributed by atoms with Gasteiger partial charge in [0, 0.05) is 34.1 Å². The van der Waals surface area contributed by atoms with Crippen molar-refractivity contribution in [3.63, 3.8) is 0 Å². The molecule has 4 rings (SSSR count). The zero-order chi connectivity index (χ0) is 19.0. The number of rotatable bonds is 4. The molecule has 1 atom stereocenters. The molecule has 3 aromatic carbocycles. The van der Waals surface area contributed by atoms with Crippen LogP contribution in [-0.2, 0) is 5.41 Å². The van der Waals surface area contributed by atoms with E-state index in [1.54, 1.807) is 19.2 Å². The summed E-state index contributed by atoms with van der Waals surface area (Å²) in [4.78, 5) is 3.17. The summed E-state index contributed by atoms with van der Waals surface area (Å²) in [6.45, 7) is 2.07. The molecule has 0 radical (unpaired) electrons. The van der Waals surface area contributed by atoms with Crippen molar-refractivity contribution in [3.8, 4) is 11.5 Å². The number of aromatic nitrogens is 1. The van der Waals surface area contributed by atoms with Gasteiger partial charge in [-0.2, -0.15) is 0 Å². The largest absolute Gasteiger partial charge is 0.507 e. The van der Waals surface area contributed by atoms with Crippen LogP contribution in [0, 0.1) is 5.82 Å². The van der Waals surface area contributed by atoms with Crippen molar-refractivity contribution >= 4 is 10.9 Å². The van der Waals surface area contributed by atoms with Crippen molar-refractivity contribution in [2.45, 2.75) is 12.3 Å². The van der Waals surface area contributed by atoms with Crippen molar-refractivity contribution in [3.05, 3.63) is 95.4 Å². The predicted octanol–water partition coefficient (Wildman–Crippen LogP) is 5.38. The van der Waals surface area contributed by atoms with E-state index in [4.69, 9.17) is 4.74 Å². The SMILES string of the molecule is COc1ccc([C@@](C)(c2ccccc2)c2c[nH]c3cc(F)ccc23)c(O)c1. The second kappa shape index (κ2) is 6.47. The van der Waals surface area contributed by atoms with Gasteiger partial charge < -0.3 is 14.8 Å². The second-order valence-electron chi connectivity index (χ2n) is 6.77. The number of halogens is 1. The Morgan fingerprint density at radius 2 is 1.74 bits per heavy atom. The van der Waals surface area contributed by atoms with Gasteiger partial charge in [-0.25, -0.2) is 4.39 Å². The van der Waals surface area contributed by atoms with Crippen LogP contribution >= 0.6 is 0 Å². The van der Waals surface area contributed by atoms with Crippen LogP contribution in [0.3, 0.4) is 0 Å². The molecule has 136 valence electrons. The number of H-pyrrole nitrogens is 1. The van der Waals surface area contributed by atoms with E-state index in [0.29, 0.717) is 5.75 Å². The maximum absolute atomic E-state index is 13.7. The van der Waals surface area contributed by atoms with Crippen LogP contribution in [0.4, 0.5) is 4.39 Å². The standard InChI is InChI=1S/C23H20FNO2/c1-23(15-6-4-3-5-7-15,19-11-9-17(27-2)13-22(19)26)20-14-25-21-12-16(24)8-10-18(20)21/h3-14,25-26H,1-2H3/t23-/m1/s1. The number of benzene rings is 3. The number of ether oxygens (including phenoxy) is 1. The third-order valence-corrected chi connectivity index (χ3v) is 5.28. The monoisotopic (exact) mass is 361 g/mol. The average molecular weight is 361 g/mol. The Labute approximate surface area is 157 Å². The first-order chi connectivity index (χ1) is 13.0. The van der Waals surface area contributed by atoms with E-state index in [1.807, 2.05) is 48.7 Å². The molecule has 1 aromatic heterocycles. The van der Waals surface area contributed by atoms with Crippen molar-refractivity contribution < 1.29 is 14.2 Å². The molecule has 0 aliphatic heterocycles.